The van der Waals surface area contributed by atoms with E-state index >= 15 is 0 Å². The normalized spacial score (nSPS) is 28.1. The smallest absolute Gasteiger partial charge is 0.399 e. The number of nitrogens with zero attached hydrogens (tertiary/aromatic N) is 1. The van der Waals surface area contributed by atoms with E-state index in [0.717, 1.165) is 0 Å². The average Bonchev–Trinajstić information content (AvgIpc) is 2.94. The van der Waals surface area contributed by atoms with Crippen LogP contribution in [0.25, 0.3) is 0 Å². The zero-order valence-electron chi connectivity index (χ0n) is 13.8. The lowest BCUT2D eigenvalue weighted by atomic mass is 9.88. The highest BCUT2D eigenvalue weighted by molar-refractivity contribution is 7.25. The van der Waals surface area contributed by atoms with Crippen LogP contribution >= 0.6 is 11.3 Å². The van der Waals surface area contributed by atoms with Gasteiger partial charge in [0.05, 0.1) is 16.2 Å². The fourth-order valence-corrected chi connectivity index (χ4v) is 4.10. The molecule has 0 amide bonds. The van der Waals surface area contributed by atoms with Gasteiger partial charge in [0.25, 0.3) is 0 Å². The van der Waals surface area contributed by atoms with Gasteiger partial charge in [-0.25, -0.2) is 0 Å². The van der Waals surface area contributed by atoms with Crippen molar-refractivity contribution in [2.45, 2.75) is 71.1 Å². The molecule has 3 nitrogen and oxygen atoms in total. The number of piperidine rings is 1. The summed E-state index contributed by atoms with van der Waals surface area (Å²) < 4.78 is 13.5. The van der Waals surface area contributed by atoms with Crippen LogP contribution in [0.1, 0.15) is 53.9 Å². The van der Waals surface area contributed by atoms with Crippen molar-refractivity contribution in [3.8, 4) is 0 Å². The molecule has 2 aliphatic heterocycles. The number of hydrogen-bond donors (Lipinski definition) is 0. The van der Waals surface area contributed by atoms with Crippen molar-refractivity contribution in [3.63, 3.8) is 0 Å². The van der Waals surface area contributed by atoms with Gasteiger partial charge in [0.15, 0.2) is 0 Å². The second-order valence-electron chi connectivity index (χ2n) is 7.30. The van der Waals surface area contributed by atoms with Gasteiger partial charge in [-0.3, -0.25) is 0 Å². The molecule has 3 heterocycles. The van der Waals surface area contributed by atoms with Gasteiger partial charge in [-0.1, -0.05) is 0 Å². The van der Waals surface area contributed by atoms with Gasteiger partial charge in [0.1, 0.15) is 0 Å². The minimum Gasteiger partial charge on any atom is -0.399 e. The van der Waals surface area contributed by atoms with E-state index in [1.807, 2.05) is 11.3 Å². The molecule has 116 valence electrons. The second kappa shape index (κ2) is 5.29. The van der Waals surface area contributed by atoms with Gasteiger partial charge >= 0.3 is 7.12 Å². The molecule has 0 aliphatic carbocycles. The Labute approximate surface area is 132 Å². The highest BCUT2D eigenvalue weighted by Gasteiger charge is 2.52. The van der Waals surface area contributed by atoms with Crippen LogP contribution in [0, 0.1) is 0 Å². The van der Waals surface area contributed by atoms with E-state index in [-0.39, 0.29) is 18.3 Å². The van der Waals surface area contributed by atoms with Crippen molar-refractivity contribution in [2.24, 2.45) is 0 Å². The molecule has 3 rings (SSSR count). The maximum atomic E-state index is 6.15. The maximum Gasteiger partial charge on any atom is 0.505 e. The first-order valence-electron chi connectivity index (χ1n) is 8.02. The van der Waals surface area contributed by atoms with E-state index in [4.69, 9.17) is 9.31 Å². The Morgan fingerprint density at radius 1 is 1.14 bits per heavy atom. The molecule has 2 saturated heterocycles. The molecule has 0 radical (unpaired) electrons. The third-order valence-corrected chi connectivity index (χ3v) is 6.33. The van der Waals surface area contributed by atoms with Crippen LogP contribution in [0.4, 0.5) is 5.00 Å². The first kappa shape index (κ1) is 15.4. The van der Waals surface area contributed by atoms with Crippen LogP contribution in [0.2, 0.25) is 0 Å². The minimum atomic E-state index is -0.264. The summed E-state index contributed by atoms with van der Waals surface area (Å²) in [5.74, 6) is 0. The lowest BCUT2D eigenvalue weighted by Crippen LogP contribution is -2.41. The monoisotopic (exact) mass is 307 g/mol. The van der Waals surface area contributed by atoms with Crippen LogP contribution in [-0.4, -0.2) is 30.9 Å². The van der Waals surface area contributed by atoms with Crippen LogP contribution in [0.3, 0.4) is 0 Å². The first-order chi connectivity index (χ1) is 9.80. The van der Waals surface area contributed by atoms with Crippen molar-refractivity contribution >= 4 is 28.2 Å². The molecule has 0 bridgehead atoms. The van der Waals surface area contributed by atoms with Crippen LogP contribution < -0.4 is 9.68 Å². The lowest BCUT2D eigenvalue weighted by Gasteiger charge is -2.34. The van der Waals surface area contributed by atoms with E-state index < -0.39 is 0 Å². The largest absolute Gasteiger partial charge is 0.505 e. The van der Waals surface area contributed by atoms with Crippen LogP contribution in [-0.2, 0) is 9.31 Å². The zero-order valence-corrected chi connectivity index (χ0v) is 14.6. The molecule has 2 aliphatic rings. The van der Waals surface area contributed by atoms with Gasteiger partial charge in [-0.15, -0.1) is 11.3 Å². The van der Waals surface area contributed by atoms with Crippen LogP contribution in [0.15, 0.2) is 12.1 Å². The SMILES string of the molecule is CC1CCCCN1c1ccc(B2OC(C)(C)C(C)(C)O2)s1. The Kier molecular flexibility index (Phi) is 3.87. The molecule has 21 heavy (non-hydrogen) atoms. The summed E-state index contributed by atoms with van der Waals surface area (Å²) in [5, 5.41) is 1.35. The molecule has 0 spiro atoms. The highest BCUT2D eigenvalue weighted by atomic mass is 32.1. The van der Waals surface area contributed by atoms with E-state index in [1.165, 1.54) is 35.6 Å². The highest BCUT2D eigenvalue weighted by Crippen LogP contribution is 2.37. The molecule has 0 aromatic carbocycles. The lowest BCUT2D eigenvalue weighted by molar-refractivity contribution is 0.00578. The minimum absolute atomic E-state index is 0.228. The molecule has 1 atom stereocenters. The Balaban J connectivity index is 1.77. The molecule has 1 aromatic heterocycles. The predicted octanol–water partition coefficient (Wildman–Crippen LogP) is 3.43. The van der Waals surface area contributed by atoms with E-state index in [1.54, 1.807) is 0 Å². The third kappa shape index (κ3) is 2.76. The van der Waals surface area contributed by atoms with E-state index in [0.29, 0.717) is 6.04 Å². The molecule has 0 saturated carbocycles. The molecule has 2 fully saturated rings. The summed E-state index contributed by atoms with van der Waals surface area (Å²) in [6.07, 6.45) is 3.95. The van der Waals surface area contributed by atoms with E-state index in [9.17, 15) is 0 Å². The van der Waals surface area contributed by atoms with Crippen LogP contribution in [0.5, 0.6) is 0 Å². The summed E-state index contributed by atoms with van der Waals surface area (Å²) in [7, 11) is -0.228. The van der Waals surface area contributed by atoms with Gasteiger partial charge < -0.3 is 14.2 Å². The van der Waals surface area contributed by atoms with Crippen molar-refractivity contribution < 1.29 is 9.31 Å². The first-order valence-corrected chi connectivity index (χ1v) is 8.84. The number of hydrogen-bond acceptors (Lipinski definition) is 4. The standard InChI is InChI=1S/C16H26BNO2S/c1-12-8-6-7-11-18(12)14-10-9-13(21-14)17-19-15(2,3)16(4,5)20-17/h9-10,12H,6-8,11H2,1-5H3. The molecule has 1 aromatic rings. The second-order valence-corrected chi connectivity index (χ2v) is 8.40. The summed E-state index contributed by atoms with van der Waals surface area (Å²) >= 11 is 1.82. The Bertz CT molecular complexity index is 498. The fourth-order valence-electron chi connectivity index (χ4n) is 3.01. The Morgan fingerprint density at radius 2 is 1.81 bits per heavy atom. The number of rotatable bonds is 2. The number of thiophene rings is 1. The molecule has 1 unspecified atom stereocenters. The molecule has 5 heteroatoms. The van der Waals surface area contributed by atoms with Crippen molar-refractivity contribution in [2.75, 3.05) is 11.4 Å². The van der Waals surface area contributed by atoms with Crippen molar-refractivity contribution in [1.82, 2.24) is 0 Å². The average molecular weight is 307 g/mol. The quantitative estimate of drug-likeness (QED) is 0.781. The molecule has 0 N–H and O–H groups in total. The topological polar surface area (TPSA) is 21.7 Å². The summed E-state index contributed by atoms with van der Waals surface area (Å²) in [5.41, 5.74) is -0.527. The molecular formula is C16H26BNO2S. The Morgan fingerprint density at radius 3 is 2.43 bits per heavy atom. The van der Waals surface area contributed by atoms with Crippen molar-refractivity contribution in [3.05, 3.63) is 12.1 Å². The van der Waals surface area contributed by atoms with Gasteiger partial charge in [0.2, 0.25) is 0 Å². The van der Waals surface area contributed by atoms with Gasteiger partial charge in [-0.05, 0) is 66.0 Å². The maximum absolute atomic E-state index is 6.15. The third-order valence-electron chi connectivity index (χ3n) is 5.18. The van der Waals surface area contributed by atoms with E-state index in [2.05, 4.69) is 51.7 Å². The number of anilines is 1. The van der Waals surface area contributed by atoms with Gasteiger partial charge in [-0.2, -0.15) is 0 Å². The summed E-state index contributed by atoms with van der Waals surface area (Å²) in [6.45, 7) is 11.9. The van der Waals surface area contributed by atoms with Gasteiger partial charge in [0, 0.05) is 17.4 Å². The summed E-state index contributed by atoms with van der Waals surface area (Å²) in [4.78, 5) is 2.53. The summed E-state index contributed by atoms with van der Waals surface area (Å²) in [6, 6.07) is 5.04. The fraction of sp³-hybridized carbons (Fsp3) is 0.750. The zero-order chi connectivity index (χ0) is 15.3. The Hall–Kier alpha value is -0.515. The molecular weight excluding hydrogens is 281 g/mol. The predicted molar refractivity (Wildman–Crippen MR) is 90.7 cm³/mol. The van der Waals surface area contributed by atoms with Crippen molar-refractivity contribution in [1.29, 1.82) is 0 Å².